The quantitative estimate of drug-likeness (QED) is 0.325. The number of aliphatic carboxylic acids is 1. The Labute approximate surface area is 215 Å². The molecule has 0 spiro atoms. The molecule has 3 aromatic rings. The standard InChI is InChI=1S/C19H18N6O4S2.C2HF3O2/c1-21-31(28,29)15-7-8-17(30(2,26)27)16(9-15)25-19-10-18(22-12-23-19)24-14-5-3-13(11-20)4-6-14;3-2(4,5)1(6)7/h3-10,12,21H,1-2H3,(H2,22,23,24,25);(H,6,7). The second kappa shape index (κ2) is 11.9. The molecule has 0 aliphatic heterocycles. The maximum atomic E-state index is 12.2. The van der Waals surface area contributed by atoms with Crippen LogP contribution in [0.25, 0.3) is 0 Å². The highest BCUT2D eigenvalue weighted by Gasteiger charge is 2.38. The van der Waals surface area contributed by atoms with Gasteiger partial charge in [0, 0.05) is 18.0 Å². The number of carboxylic acid groups (broad SMARTS) is 1. The zero-order valence-corrected chi connectivity index (χ0v) is 21.1. The number of nitriles is 1. The third-order valence-electron chi connectivity index (χ3n) is 4.39. The fraction of sp³-hybridized carbons (Fsp3) is 0.143. The van der Waals surface area contributed by atoms with Crippen LogP contribution in [0, 0.1) is 11.3 Å². The molecular weight excluding hydrogens is 553 g/mol. The van der Waals surface area contributed by atoms with Crippen molar-refractivity contribution in [3.63, 3.8) is 0 Å². The van der Waals surface area contributed by atoms with Gasteiger partial charge in [-0.05, 0) is 49.5 Å². The van der Waals surface area contributed by atoms with Crippen molar-refractivity contribution in [1.82, 2.24) is 14.7 Å². The summed E-state index contributed by atoms with van der Waals surface area (Å²) in [6.45, 7) is 0. The Morgan fingerprint density at radius 3 is 2.00 bits per heavy atom. The summed E-state index contributed by atoms with van der Waals surface area (Å²) in [5.74, 6) is -2.11. The van der Waals surface area contributed by atoms with E-state index in [1.54, 1.807) is 24.3 Å². The van der Waals surface area contributed by atoms with Gasteiger partial charge in [-0.1, -0.05) is 0 Å². The number of carboxylic acids is 1. The fourth-order valence-corrected chi connectivity index (χ4v) is 4.20. The number of hydrogen-bond acceptors (Lipinski definition) is 10. The van der Waals surface area contributed by atoms with E-state index >= 15 is 0 Å². The van der Waals surface area contributed by atoms with Gasteiger partial charge >= 0.3 is 12.1 Å². The minimum atomic E-state index is -5.08. The van der Waals surface area contributed by atoms with E-state index in [0.717, 1.165) is 6.26 Å². The van der Waals surface area contributed by atoms with Crippen LogP contribution in [0.5, 0.6) is 0 Å². The molecule has 0 radical (unpaired) electrons. The summed E-state index contributed by atoms with van der Waals surface area (Å²) in [6.07, 6.45) is -2.79. The highest BCUT2D eigenvalue weighted by atomic mass is 32.2. The number of nitrogens with one attached hydrogen (secondary N) is 3. The van der Waals surface area contributed by atoms with Crippen LogP contribution in [-0.2, 0) is 24.7 Å². The molecule has 1 aromatic heterocycles. The molecule has 0 fully saturated rings. The largest absolute Gasteiger partial charge is 0.490 e. The Balaban J connectivity index is 0.000000638. The Hall–Kier alpha value is -4.27. The Kier molecular flexibility index (Phi) is 9.34. The van der Waals surface area contributed by atoms with Crippen LogP contribution in [0.1, 0.15) is 5.56 Å². The van der Waals surface area contributed by atoms with Crippen molar-refractivity contribution in [3.05, 3.63) is 60.4 Å². The van der Waals surface area contributed by atoms with E-state index in [4.69, 9.17) is 15.2 Å². The normalized spacial score (nSPS) is 11.5. The van der Waals surface area contributed by atoms with Crippen LogP contribution in [0.15, 0.2) is 64.6 Å². The summed E-state index contributed by atoms with van der Waals surface area (Å²) in [6, 6.07) is 13.9. The molecule has 0 atom stereocenters. The summed E-state index contributed by atoms with van der Waals surface area (Å²) in [5.41, 5.74) is 1.25. The van der Waals surface area contributed by atoms with Crippen molar-refractivity contribution < 1.29 is 39.9 Å². The van der Waals surface area contributed by atoms with Crippen LogP contribution in [0.4, 0.5) is 36.2 Å². The maximum Gasteiger partial charge on any atom is 0.490 e. The smallest absolute Gasteiger partial charge is 0.475 e. The van der Waals surface area contributed by atoms with Gasteiger partial charge in [0.25, 0.3) is 0 Å². The number of sulfonamides is 1. The lowest BCUT2D eigenvalue weighted by atomic mass is 10.2. The number of anilines is 4. The average molecular weight is 573 g/mol. The molecule has 2 aromatic carbocycles. The van der Waals surface area contributed by atoms with Gasteiger partial charge in [-0.25, -0.2) is 36.3 Å². The minimum absolute atomic E-state index is 0.0573. The lowest BCUT2D eigenvalue weighted by Gasteiger charge is -2.13. The minimum Gasteiger partial charge on any atom is -0.475 e. The molecule has 0 aliphatic carbocycles. The first-order valence-corrected chi connectivity index (χ1v) is 13.4. The van der Waals surface area contributed by atoms with Gasteiger partial charge in [0.05, 0.1) is 27.1 Å². The molecule has 12 nitrogen and oxygen atoms in total. The number of carbonyl (C=O) groups is 1. The van der Waals surface area contributed by atoms with Crippen molar-refractivity contribution in [3.8, 4) is 6.07 Å². The van der Waals surface area contributed by atoms with Gasteiger partial charge in [-0.3, -0.25) is 0 Å². The van der Waals surface area contributed by atoms with Gasteiger partial charge < -0.3 is 15.7 Å². The molecule has 0 aliphatic rings. The zero-order chi connectivity index (χ0) is 28.7. The molecule has 17 heteroatoms. The summed E-state index contributed by atoms with van der Waals surface area (Å²) >= 11 is 0. The molecule has 4 N–H and O–H groups in total. The van der Waals surface area contributed by atoms with Crippen molar-refractivity contribution >= 4 is 48.8 Å². The second-order valence-corrected chi connectivity index (χ2v) is 11.0. The third-order valence-corrected chi connectivity index (χ3v) is 6.96. The van der Waals surface area contributed by atoms with Crippen LogP contribution >= 0.6 is 0 Å². The second-order valence-electron chi connectivity index (χ2n) is 7.17. The molecule has 3 rings (SSSR count). The maximum absolute atomic E-state index is 12.2. The molecule has 0 amide bonds. The van der Waals surface area contributed by atoms with Gasteiger partial charge in [-0.2, -0.15) is 18.4 Å². The van der Waals surface area contributed by atoms with Crippen molar-refractivity contribution in [1.29, 1.82) is 5.26 Å². The monoisotopic (exact) mass is 572 g/mol. The SMILES string of the molecule is CNS(=O)(=O)c1ccc(S(C)(=O)=O)c(Nc2cc(Nc3ccc(C#N)cc3)ncn2)c1.O=C(O)C(F)(F)F. The van der Waals surface area contributed by atoms with Gasteiger partial charge in [0.2, 0.25) is 10.0 Å². The highest BCUT2D eigenvalue weighted by molar-refractivity contribution is 7.91. The molecule has 0 saturated carbocycles. The van der Waals surface area contributed by atoms with E-state index in [0.29, 0.717) is 17.1 Å². The average Bonchev–Trinajstić information content (AvgIpc) is 2.84. The fourth-order valence-electron chi connectivity index (χ4n) is 2.62. The van der Waals surface area contributed by atoms with Crippen LogP contribution in [-0.4, -0.2) is 57.4 Å². The van der Waals surface area contributed by atoms with Crippen LogP contribution in [0.2, 0.25) is 0 Å². The summed E-state index contributed by atoms with van der Waals surface area (Å²) in [4.78, 5) is 16.9. The lowest BCUT2D eigenvalue weighted by Crippen LogP contribution is -2.21. The van der Waals surface area contributed by atoms with Gasteiger partial charge in [-0.15, -0.1) is 0 Å². The van der Waals surface area contributed by atoms with Crippen LogP contribution in [0.3, 0.4) is 0 Å². The van der Waals surface area contributed by atoms with E-state index in [2.05, 4.69) is 25.3 Å². The molecule has 202 valence electrons. The first-order chi connectivity index (χ1) is 17.6. The van der Waals surface area contributed by atoms with Crippen LogP contribution < -0.4 is 15.4 Å². The third kappa shape index (κ3) is 8.40. The molecule has 38 heavy (non-hydrogen) atoms. The topological polar surface area (TPSA) is 191 Å². The number of sulfone groups is 1. The number of rotatable bonds is 7. The van der Waals surface area contributed by atoms with E-state index in [-0.39, 0.29) is 21.3 Å². The summed E-state index contributed by atoms with van der Waals surface area (Å²) < 4.78 is 82.5. The molecule has 1 heterocycles. The van der Waals surface area contributed by atoms with Gasteiger partial charge in [0.1, 0.15) is 18.0 Å². The molecule has 0 unspecified atom stereocenters. The van der Waals surface area contributed by atoms with Gasteiger partial charge in [0.15, 0.2) is 9.84 Å². The van der Waals surface area contributed by atoms with E-state index in [1.807, 2.05) is 6.07 Å². The zero-order valence-electron chi connectivity index (χ0n) is 19.5. The Morgan fingerprint density at radius 1 is 0.974 bits per heavy atom. The summed E-state index contributed by atoms with van der Waals surface area (Å²) in [7, 11) is -6.17. The Bertz CT molecular complexity index is 1570. The predicted octanol–water partition coefficient (Wildman–Crippen LogP) is 2.78. The van der Waals surface area contributed by atoms with Crippen molar-refractivity contribution in [2.24, 2.45) is 0 Å². The Morgan fingerprint density at radius 2 is 1.53 bits per heavy atom. The van der Waals surface area contributed by atoms with E-state index in [1.165, 1.54) is 37.6 Å². The molecule has 0 saturated heterocycles. The number of benzene rings is 2. The van der Waals surface area contributed by atoms with Crippen molar-refractivity contribution in [2.75, 3.05) is 23.9 Å². The van der Waals surface area contributed by atoms with E-state index in [9.17, 15) is 30.0 Å². The molecule has 0 bridgehead atoms. The first-order valence-electron chi connectivity index (χ1n) is 10.0. The first kappa shape index (κ1) is 30.0. The summed E-state index contributed by atoms with van der Waals surface area (Å²) in [5, 5.41) is 21.9. The molecular formula is C21H19F3N6O6S2. The lowest BCUT2D eigenvalue weighted by molar-refractivity contribution is -0.192. The highest BCUT2D eigenvalue weighted by Crippen LogP contribution is 2.28. The number of aromatic nitrogens is 2. The van der Waals surface area contributed by atoms with E-state index < -0.39 is 32.0 Å². The number of nitrogens with zero attached hydrogens (tertiary/aromatic N) is 3. The predicted molar refractivity (Wildman–Crippen MR) is 129 cm³/mol. The number of alkyl halides is 3. The van der Waals surface area contributed by atoms with Crippen molar-refractivity contribution in [2.45, 2.75) is 16.0 Å². The number of hydrogen-bond donors (Lipinski definition) is 4. The number of halogens is 3.